The zero-order chi connectivity index (χ0) is 12.5. The lowest BCUT2D eigenvalue weighted by molar-refractivity contribution is -0.134. The standard InChI is InChI=1S/C13H24N2O2/c1-13(2)9-15(7-11(13)8-17-3)12(16)10-4-5-14-6-10/h10-11,14H,4-9H2,1-3H3/t10-,11+/m0/s1. The third-order valence-electron chi connectivity index (χ3n) is 4.23. The van der Waals surface area contributed by atoms with Gasteiger partial charge in [-0.1, -0.05) is 13.8 Å². The number of amides is 1. The highest BCUT2D eigenvalue weighted by molar-refractivity contribution is 5.79. The number of methoxy groups -OCH3 is 1. The normalized spacial score (nSPS) is 32.1. The molecule has 2 fully saturated rings. The molecule has 0 unspecified atom stereocenters. The van der Waals surface area contributed by atoms with E-state index in [9.17, 15) is 4.79 Å². The first-order chi connectivity index (χ1) is 8.04. The Labute approximate surface area is 104 Å². The number of hydrogen-bond acceptors (Lipinski definition) is 3. The predicted octanol–water partition coefficient (Wildman–Crippen LogP) is 0.727. The van der Waals surface area contributed by atoms with Crippen LogP contribution in [0.25, 0.3) is 0 Å². The molecular formula is C13H24N2O2. The topological polar surface area (TPSA) is 41.6 Å². The minimum Gasteiger partial charge on any atom is -0.384 e. The zero-order valence-corrected chi connectivity index (χ0v) is 11.2. The highest BCUT2D eigenvalue weighted by atomic mass is 16.5. The third kappa shape index (κ3) is 2.63. The van der Waals surface area contributed by atoms with Crippen molar-refractivity contribution in [2.24, 2.45) is 17.3 Å². The van der Waals surface area contributed by atoms with Gasteiger partial charge in [-0.25, -0.2) is 0 Å². The minimum atomic E-state index is 0.178. The fourth-order valence-corrected chi connectivity index (χ4v) is 2.97. The van der Waals surface area contributed by atoms with Gasteiger partial charge in [0, 0.05) is 32.7 Å². The smallest absolute Gasteiger partial charge is 0.227 e. The summed E-state index contributed by atoms with van der Waals surface area (Å²) in [5, 5.41) is 3.26. The third-order valence-corrected chi connectivity index (χ3v) is 4.23. The first-order valence-electron chi connectivity index (χ1n) is 6.53. The lowest BCUT2D eigenvalue weighted by Crippen LogP contribution is -2.36. The van der Waals surface area contributed by atoms with Crippen molar-refractivity contribution >= 4 is 5.91 Å². The first kappa shape index (κ1) is 12.8. The van der Waals surface area contributed by atoms with Gasteiger partial charge >= 0.3 is 0 Å². The van der Waals surface area contributed by atoms with Gasteiger partial charge in [-0.2, -0.15) is 0 Å². The molecule has 0 aromatic heterocycles. The van der Waals surface area contributed by atoms with Crippen LogP contribution in [0, 0.1) is 17.3 Å². The van der Waals surface area contributed by atoms with Crippen LogP contribution in [0.2, 0.25) is 0 Å². The van der Waals surface area contributed by atoms with Crippen LogP contribution in [0.3, 0.4) is 0 Å². The van der Waals surface area contributed by atoms with Crippen LogP contribution < -0.4 is 5.32 Å². The molecule has 2 atom stereocenters. The molecule has 2 aliphatic heterocycles. The van der Waals surface area contributed by atoms with Gasteiger partial charge in [0.05, 0.1) is 12.5 Å². The van der Waals surface area contributed by atoms with Gasteiger partial charge in [0.15, 0.2) is 0 Å². The number of ether oxygens (including phenoxy) is 1. The summed E-state index contributed by atoms with van der Waals surface area (Å²) < 4.78 is 5.26. The number of nitrogens with zero attached hydrogens (tertiary/aromatic N) is 1. The number of rotatable bonds is 3. The molecule has 17 heavy (non-hydrogen) atoms. The van der Waals surface area contributed by atoms with Crippen molar-refractivity contribution < 1.29 is 9.53 Å². The Bertz CT molecular complexity index is 285. The van der Waals surface area contributed by atoms with E-state index in [4.69, 9.17) is 4.74 Å². The molecule has 0 aromatic carbocycles. The maximum absolute atomic E-state index is 12.3. The van der Waals surface area contributed by atoms with Crippen molar-refractivity contribution in [2.45, 2.75) is 20.3 Å². The molecule has 0 aliphatic carbocycles. The van der Waals surface area contributed by atoms with Crippen molar-refractivity contribution in [3.05, 3.63) is 0 Å². The number of nitrogens with one attached hydrogen (secondary N) is 1. The van der Waals surface area contributed by atoms with Gasteiger partial charge < -0.3 is 15.0 Å². The molecule has 98 valence electrons. The first-order valence-corrected chi connectivity index (χ1v) is 6.53. The Morgan fingerprint density at radius 1 is 1.53 bits per heavy atom. The summed E-state index contributed by atoms with van der Waals surface area (Å²) in [6, 6.07) is 0. The van der Waals surface area contributed by atoms with Crippen molar-refractivity contribution in [2.75, 3.05) is 39.9 Å². The lowest BCUT2D eigenvalue weighted by atomic mass is 9.83. The summed E-state index contributed by atoms with van der Waals surface area (Å²) >= 11 is 0. The molecule has 1 N–H and O–H groups in total. The molecule has 4 nitrogen and oxygen atoms in total. The quantitative estimate of drug-likeness (QED) is 0.790. The van der Waals surface area contributed by atoms with E-state index in [1.165, 1.54) is 0 Å². The SMILES string of the molecule is COC[C@H]1CN(C(=O)[C@H]2CCNC2)CC1(C)C. The molecule has 2 saturated heterocycles. The van der Waals surface area contributed by atoms with Crippen molar-refractivity contribution in [1.29, 1.82) is 0 Å². The predicted molar refractivity (Wildman–Crippen MR) is 66.7 cm³/mol. The highest BCUT2D eigenvalue weighted by Crippen LogP contribution is 2.36. The van der Waals surface area contributed by atoms with E-state index in [1.807, 2.05) is 4.90 Å². The lowest BCUT2D eigenvalue weighted by Gasteiger charge is -2.24. The number of hydrogen-bond donors (Lipinski definition) is 1. The second kappa shape index (κ2) is 4.94. The van der Waals surface area contributed by atoms with Crippen molar-refractivity contribution in [3.8, 4) is 0 Å². The van der Waals surface area contributed by atoms with Crippen LogP contribution in [0.4, 0.5) is 0 Å². The summed E-state index contributed by atoms with van der Waals surface area (Å²) in [5.74, 6) is 1.000. The Balaban J connectivity index is 1.97. The fourth-order valence-electron chi connectivity index (χ4n) is 2.97. The zero-order valence-electron chi connectivity index (χ0n) is 11.2. The van der Waals surface area contributed by atoms with Crippen molar-refractivity contribution in [3.63, 3.8) is 0 Å². The van der Waals surface area contributed by atoms with E-state index in [0.29, 0.717) is 11.8 Å². The molecule has 4 heteroatoms. The van der Waals surface area contributed by atoms with E-state index in [2.05, 4.69) is 19.2 Å². The highest BCUT2D eigenvalue weighted by Gasteiger charge is 2.42. The Hall–Kier alpha value is -0.610. The summed E-state index contributed by atoms with van der Waals surface area (Å²) in [5.41, 5.74) is 0.178. The van der Waals surface area contributed by atoms with Gasteiger partial charge in [-0.05, 0) is 18.4 Å². The molecule has 2 rings (SSSR count). The molecule has 0 radical (unpaired) electrons. The molecule has 0 saturated carbocycles. The van der Waals surface area contributed by atoms with Crippen LogP contribution in [-0.2, 0) is 9.53 Å². The van der Waals surface area contributed by atoms with E-state index < -0.39 is 0 Å². The van der Waals surface area contributed by atoms with Crippen LogP contribution in [0.15, 0.2) is 0 Å². The van der Waals surface area contributed by atoms with Gasteiger partial charge in [-0.15, -0.1) is 0 Å². The molecule has 0 spiro atoms. The van der Waals surface area contributed by atoms with Crippen LogP contribution in [0.5, 0.6) is 0 Å². The molecule has 2 heterocycles. The maximum Gasteiger partial charge on any atom is 0.227 e. The minimum absolute atomic E-state index is 0.178. The fraction of sp³-hybridized carbons (Fsp3) is 0.923. The summed E-state index contributed by atoms with van der Waals surface area (Å²) in [7, 11) is 1.74. The van der Waals surface area contributed by atoms with Crippen molar-refractivity contribution in [1.82, 2.24) is 10.2 Å². The van der Waals surface area contributed by atoms with Crippen LogP contribution >= 0.6 is 0 Å². The molecule has 1 amide bonds. The average molecular weight is 240 g/mol. The number of carbonyl (C=O) groups excluding carboxylic acids is 1. The summed E-state index contributed by atoms with van der Waals surface area (Å²) in [6.07, 6.45) is 0.991. The second-order valence-electron chi connectivity index (χ2n) is 6.05. The Morgan fingerprint density at radius 3 is 2.88 bits per heavy atom. The molecule has 2 aliphatic rings. The number of likely N-dealkylation sites (tertiary alicyclic amines) is 1. The average Bonchev–Trinajstić information content (AvgIpc) is 2.87. The van der Waals surface area contributed by atoms with Gasteiger partial charge in [0.25, 0.3) is 0 Å². The number of carbonyl (C=O) groups is 1. The van der Waals surface area contributed by atoms with Gasteiger partial charge in [-0.3, -0.25) is 4.79 Å². The van der Waals surface area contributed by atoms with Gasteiger partial charge in [0.1, 0.15) is 0 Å². The van der Waals surface area contributed by atoms with Crippen LogP contribution in [0.1, 0.15) is 20.3 Å². The monoisotopic (exact) mass is 240 g/mol. The molecular weight excluding hydrogens is 216 g/mol. The van der Waals surface area contributed by atoms with E-state index in [-0.39, 0.29) is 11.3 Å². The molecule has 0 aromatic rings. The van der Waals surface area contributed by atoms with E-state index in [1.54, 1.807) is 7.11 Å². The summed E-state index contributed by atoms with van der Waals surface area (Å²) in [4.78, 5) is 14.4. The maximum atomic E-state index is 12.3. The van der Waals surface area contributed by atoms with Crippen LogP contribution in [-0.4, -0.2) is 50.7 Å². The van der Waals surface area contributed by atoms with E-state index in [0.717, 1.165) is 39.2 Å². The van der Waals surface area contributed by atoms with E-state index >= 15 is 0 Å². The summed E-state index contributed by atoms with van der Waals surface area (Å²) in [6.45, 7) is 8.78. The Morgan fingerprint density at radius 2 is 2.29 bits per heavy atom. The Kier molecular flexibility index (Phi) is 3.73. The molecule has 0 bridgehead atoms. The largest absolute Gasteiger partial charge is 0.384 e. The van der Waals surface area contributed by atoms with Gasteiger partial charge in [0.2, 0.25) is 5.91 Å². The second-order valence-corrected chi connectivity index (χ2v) is 6.05.